The largest absolute Gasteiger partial charge is 0.399 e. The number of aryl methyl sites for hydroxylation is 1. The van der Waals surface area contributed by atoms with Gasteiger partial charge in [0.05, 0.1) is 11.9 Å². The van der Waals surface area contributed by atoms with Gasteiger partial charge in [-0.05, 0) is 30.7 Å². The second kappa shape index (κ2) is 4.61. The smallest absolute Gasteiger partial charge is 0.137 e. The van der Waals surface area contributed by atoms with E-state index >= 15 is 0 Å². The summed E-state index contributed by atoms with van der Waals surface area (Å²) in [5.74, 6) is 0.837. The molecule has 3 nitrogen and oxygen atoms in total. The third kappa shape index (κ3) is 2.36. The van der Waals surface area contributed by atoms with E-state index in [0.29, 0.717) is 0 Å². The van der Waals surface area contributed by atoms with E-state index in [4.69, 9.17) is 5.73 Å². The number of anilines is 1. The van der Waals surface area contributed by atoms with Crippen LogP contribution in [-0.4, -0.2) is 9.97 Å². The Hall–Kier alpha value is -2.55. The number of aromatic nitrogens is 2. The number of H-pyrrole nitrogens is 1. The standard InChI is InChI=1S/C16H15N3/c1-11-4-2-5-12(8-11)15-10-18-16(19-15)13-6-3-7-14(17)9-13/h2-10H,17H2,1H3,(H,18,19). The van der Waals surface area contributed by atoms with Gasteiger partial charge in [0.2, 0.25) is 0 Å². The van der Waals surface area contributed by atoms with Crippen molar-refractivity contribution in [3.05, 3.63) is 60.3 Å². The van der Waals surface area contributed by atoms with E-state index in [2.05, 4.69) is 35.1 Å². The Labute approximate surface area is 112 Å². The van der Waals surface area contributed by atoms with Crippen molar-refractivity contribution in [3.63, 3.8) is 0 Å². The molecule has 0 bridgehead atoms. The van der Waals surface area contributed by atoms with Gasteiger partial charge in [-0.1, -0.05) is 35.9 Å². The first kappa shape index (κ1) is 11.5. The van der Waals surface area contributed by atoms with E-state index in [1.165, 1.54) is 5.56 Å². The lowest BCUT2D eigenvalue weighted by molar-refractivity contribution is 1.31. The van der Waals surface area contributed by atoms with Crippen molar-refractivity contribution in [3.8, 4) is 22.6 Å². The van der Waals surface area contributed by atoms with E-state index in [9.17, 15) is 0 Å². The van der Waals surface area contributed by atoms with Crippen molar-refractivity contribution in [2.45, 2.75) is 6.92 Å². The third-order valence-corrected chi connectivity index (χ3v) is 3.06. The molecule has 3 N–H and O–H groups in total. The number of nitrogens with one attached hydrogen (secondary N) is 1. The summed E-state index contributed by atoms with van der Waals surface area (Å²) in [5, 5.41) is 0. The Morgan fingerprint density at radius 2 is 1.79 bits per heavy atom. The lowest BCUT2D eigenvalue weighted by atomic mass is 10.1. The molecule has 1 heterocycles. The van der Waals surface area contributed by atoms with Crippen molar-refractivity contribution in [2.24, 2.45) is 0 Å². The summed E-state index contributed by atoms with van der Waals surface area (Å²) in [4.78, 5) is 7.76. The average molecular weight is 249 g/mol. The highest BCUT2D eigenvalue weighted by Crippen LogP contribution is 2.23. The second-order valence-corrected chi connectivity index (χ2v) is 4.64. The number of hydrogen-bond donors (Lipinski definition) is 2. The topological polar surface area (TPSA) is 54.7 Å². The number of hydrogen-bond acceptors (Lipinski definition) is 2. The predicted octanol–water partition coefficient (Wildman–Crippen LogP) is 3.63. The predicted molar refractivity (Wildman–Crippen MR) is 78.6 cm³/mol. The molecule has 3 rings (SSSR count). The van der Waals surface area contributed by atoms with Gasteiger partial charge in [-0.15, -0.1) is 0 Å². The molecule has 0 aliphatic carbocycles. The molecular weight excluding hydrogens is 234 g/mol. The highest BCUT2D eigenvalue weighted by Gasteiger charge is 2.05. The molecule has 1 aromatic heterocycles. The zero-order valence-electron chi connectivity index (χ0n) is 10.7. The van der Waals surface area contributed by atoms with E-state index < -0.39 is 0 Å². The molecule has 19 heavy (non-hydrogen) atoms. The molecule has 0 saturated heterocycles. The number of nitrogens with zero attached hydrogens (tertiary/aromatic N) is 1. The highest BCUT2D eigenvalue weighted by molar-refractivity contribution is 5.66. The van der Waals surface area contributed by atoms with Gasteiger partial charge < -0.3 is 10.7 Å². The van der Waals surface area contributed by atoms with Crippen LogP contribution < -0.4 is 5.73 Å². The number of nitrogen functional groups attached to an aromatic ring is 1. The van der Waals surface area contributed by atoms with E-state index in [1.807, 2.05) is 36.5 Å². The van der Waals surface area contributed by atoms with E-state index in [0.717, 1.165) is 28.3 Å². The van der Waals surface area contributed by atoms with Crippen LogP contribution in [0.3, 0.4) is 0 Å². The first-order valence-corrected chi connectivity index (χ1v) is 6.20. The Kier molecular flexibility index (Phi) is 2.80. The van der Waals surface area contributed by atoms with Crippen molar-refractivity contribution < 1.29 is 0 Å². The molecule has 0 fully saturated rings. The van der Waals surface area contributed by atoms with Crippen molar-refractivity contribution in [2.75, 3.05) is 5.73 Å². The highest BCUT2D eigenvalue weighted by atomic mass is 14.9. The first-order chi connectivity index (χ1) is 9.22. The minimum atomic E-state index is 0.742. The van der Waals surface area contributed by atoms with Crippen LogP contribution in [0.5, 0.6) is 0 Å². The third-order valence-electron chi connectivity index (χ3n) is 3.06. The maximum Gasteiger partial charge on any atom is 0.137 e. The van der Waals surface area contributed by atoms with Crippen LogP contribution in [0.2, 0.25) is 0 Å². The fourth-order valence-corrected chi connectivity index (χ4v) is 2.11. The molecule has 0 saturated carbocycles. The molecule has 0 spiro atoms. The van der Waals surface area contributed by atoms with Gasteiger partial charge in [-0.25, -0.2) is 4.98 Å². The SMILES string of the molecule is Cc1cccc(-c2cnc(-c3cccc(N)c3)[nH]2)c1. The summed E-state index contributed by atoms with van der Waals surface area (Å²) < 4.78 is 0. The maximum atomic E-state index is 5.79. The van der Waals surface area contributed by atoms with E-state index in [-0.39, 0.29) is 0 Å². The zero-order valence-corrected chi connectivity index (χ0v) is 10.7. The summed E-state index contributed by atoms with van der Waals surface area (Å²) in [6, 6.07) is 16.0. The second-order valence-electron chi connectivity index (χ2n) is 4.64. The van der Waals surface area contributed by atoms with Gasteiger partial charge in [0.1, 0.15) is 5.82 Å². The fraction of sp³-hybridized carbons (Fsp3) is 0.0625. The zero-order chi connectivity index (χ0) is 13.2. The van der Waals surface area contributed by atoms with Crippen LogP contribution in [-0.2, 0) is 0 Å². The summed E-state index contributed by atoms with van der Waals surface area (Å²) in [6.45, 7) is 2.08. The van der Waals surface area contributed by atoms with Crippen LogP contribution in [0.15, 0.2) is 54.7 Å². The van der Waals surface area contributed by atoms with Crippen LogP contribution in [0, 0.1) is 6.92 Å². The normalized spacial score (nSPS) is 10.6. The Morgan fingerprint density at radius 3 is 2.58 bits per heavy atom. The van der Waals surface area contributed by atoms with Gasteiger partial charge in [0, 0.05) is 11.3 Å². The summed E-state index contributed by atoms with van der Waals surface area (Å²) in [7, 11) is 0. The minimum Gasteiger partial charge on any atom is -0.399 e. The van der Waals surface area contributed by atoms with Gasteiger partial charge in [-0.2, -0.15) is 0 Å². The number of nitrogens with two attached hydrogens (primary N) is 1. The number of benzene rings is 2. The van der Waals surface area contributed by atoms with Crippen LogP contribution in [0.1, 0.15) is 5.56 Å². The molecule has 0 aliphatic heterocycles. The molecule has 94 valence electrons. The first-order valence-electron chi connectivity index (χ1n) is 6.20. The van der Waals surface area contributed by atoms with Gasteiger partial charge in [0.15, 0.2) is 0 Å². The van der Waals surface area contributed by atoms with Gasteiger partial charge in [-0.3, -0.25) is 0 Å². The maximum absolute atomic E-state index is 5.79. The van der Waals surface area contributed by atoms with Crippen molar-refractivity contribution in [1.29, 1.82) is 0 Å². The molecule has 0 amide bonds. The average Bonchev–Trinajstić information content (AvgIpc) is 2.88. The Balaban J connectivity index is 2.00. The number of imidazole rings is 1. The lowest BCUT2D eigenvalue weighted by Gasteiger charge is -2.00. The molecule has 0 unspecified atom stereocenters. The number of aromatic amines is 1. The minimum absolute atomic E-state index is 0.742. The quantitative estimate of drug-likeness (QED) is 0.681. The van der Waals surface area contributed by atoms with Gasteiger partial charge >= 0.3 is 0 Å². The summed E-state index contributed by atoms with van der Waals surface area (Å²) in [6.07, 6.45) is 1.85. The van der Waals surface area contributed by atoms with Crippen molar-refractivity contribution in [1.82, 2.24) is 9.97 Å². The number of rotatable bonds is 2. The monoisotopic (exact) mass is 249 g/mol. The summed E-state index contributed by atoms with van der Waals surface area (Å²) in [5.41, 5.74) is 10.9. The Morgan fingerprint density at radius 1 is 1.00 bits per heavy atom. The van der Waals surface area contributed by atoms with E-state index in [1.54, 1.807) is 0 Å². The van der Waals surface area contributed by atoms with Crippen LogP contribution in [0.4, 0.5) is 5.69 Å². The van der Waals surface area contributed by atoms with Crippen LogP contribution >= 0.6 is 0 Å². The Bertz CT molecular complexity index is 653. The lowest BCUT2D eigenvalue weighted by Crippen LogP contribution is -1.86. The summed E-state index contributed by atoms with van der Waals surface area (Å²) >= 11 is 0. The van der Waals surface area contributed by atoms with Gasteiger partial charge in [0.25, 0.3) is 0 Å². The molecule has 0 atom stereocenters. The van der Waals surface area contributed by atoms with Crippen LogP contribution in [0.25, 0.3) is 22.6 Å². The molecule has 3 aromatic rings. The van der Waals surface area contributed by atoms with Crippen molar-refractivity contribution >= 4 is 5.69 Å². The fourth-order valence-electron chi connectivity index (χ4n) is 2.11. The molecular formula is C16H15N3. The molecule has 2 aromatic carbocycles. The molecule has 0 aliphatic rings. The molecule has 0 radical (unpaired) electrons. The molecule has 3 heteroatoms.